The number of aryl methyl sites for hydroxylation is 2. The van der Waals surface area contributed by atoms with Crippen LogP contribution in [-0.4, -0.2) is 27.3 Å². The highest BCUT2D eigenvalue weighted by Gasteiger charge is 2.08. The summed E-state index contributed by atoms with van der Waals surface area (Å²) in [5, 5.41) is 16.3. The van der Waals surface area contributed by atoms with Gasteiger partial charge in [-0.2, -0.15) is 5.10 Å². The van der Waals surface area contributed by atoms with Crippen LogP contribution in [0.2, 0.25) is 0 Å². The fourth-order valence-electron chi connectivity index (χ4n) is 1.87. The van der Waals surface area contributed by atoms with Gasteiger partial charge in [-0.3, -0.25) is 9.48 Å². The minimum absolute atomic E-state index is 0.138. The van der Waals surface area contributed by atoms with E-state index in [0.717, 1.165) is 11.1 Å². The van der Waals surface area contributed by atoms with Crippen LogP contribution in [0.15, 0.2) is 30.6 Å². The number of phenolic OH excluding ortho intramolecular Hbond substituents is 1. The SMILES string of the molecule is Cc1cnn(CCNC(=O)c2ccc(O)cc2C)c1. The summed E-state index contributed by atoms with van der Waals surface area (Å²) < 4.78 is 1.79. The van der Waals surface area contributed by atoms with Gasteiger partial charge in [-0.1, -0.05) is 0 Å². The van der Waals surface area contributed by atoms with Crippen LogP contribution in [0, 0.1) is 13.8 Å². The summed E-state index contributed by atoms with van der Waals surface area (Å²) in [6, 6.07) is 4.71. The molecular weight excluding hydrogens is 242 g/mol. The van der Waals surface area contributed by atoms with E-state index in [1.54, 1.807) is 29.9 Å². The second-order valence-corrected chi connectivity index (χ2v) is 4.54. The monoisotopic (exact) mass is 259 g/mol. The quantitative estimate of drug-likeness (QED) is 0.877. The molecule has 0 aliphatic rings. The fourth-order valence-corrected chi connectivity index (χ4v) is 1.87. The van der Waals surface area contributed by atoms with E-state index in [1.165, 1.54) is 6.07 Å². The van der Waals surface area contributed by atoms with Gasteiger partial charge in [0.1, 0.15) is 5.75 Å². The molecule has 100 valence electrons. The molecule has 0 aliphatic heterocycles. The maximum atomic E-state index is 11.9. The molecule has 5 nitrogen and oxygen atoms in total. The number of hydrogen-bond donors (Lipinski definition) is 2. The summed E-state index contributed by atoms with van der Waals surface area (Å²) in [4.78, 5) is 11.9. The summed E-state index contributed by atoms with van der Waals surface area (Å²) in [7, 11) is 0. The first kappa shape index (κ1) is 13.1. The predicted molar refractivity (Wildman–Crippen MR) is 72.1 cm³/mol. The first-order valence-electron chi connectivity index (χ1n) is 6.13. The lowest BCUT2D eigenvalue weighted by molar-refractivity contribution is 0.0951. The molecular formula is C14H17N3O2. The third kappa shape index (κ3) is 3.34. The van der Waals surface area contributed by atoms with E-state index in [0.29, 0.717) is 18.7 Å². The maximum absolute atomic E-state index is 11.9. The third-order valence-electron chi connectivity index (χ3n) is 2.84. The van der Waals surface area contributed by atoms with Gasteiger partial charge >= 0.3 is 0 Å². The normalized spacial score (nSPS) is 10.4. The van der Waals surface area contributed by atoms with E-state index < -0.39 is 0 Å². The van der Waals surface area contributed by atoms with Crippen molar-refractivity contribution >= 4 is 5.91 Å². The zero-order chi connectivity index (χ0) is 13.8. The lowest BCUT2D eigenvalue weighted by Gasteiger charge is -2.08. The first-order valence-corrected chi connectivity index (χ1v) is 6.13. The van der Waals surface area contributed by atoms with Gasteiger partial charge in [0, 0.05) is 18.3 Å². The third-order valence-corrected chi connectivity index (χ3v) is 2.84. The summed E-state index contributed by atoms with van der Waals surface area (Å²) in [6.45, 7) is 4.92. The molecule has 2 rings (SSSR count). The standard InChI is InChI=1S/C14H17N3O2/c1-10-8-16-17(9-10)6-5-15-14(19)13-4-3-12(18)7-11(13)2/h3-4,7-9,18H,5-6H2,1-2H3,(H,15,19). The van der Waals surface area contributed by atoms with Crippen LogP contribution in [0.25, 0.3) is 0 Å². The van der Waals surface area contributed by atoms with Crippen LogP contribution in [0.3, 0.4) is 0 Å². The second-order valence-electron chi connectivity index (χ2n) is 4.54. The first-order chi connectivity index (χ1) is 9.06. The number of carbonyl (C=O) groups is 1. The zero-order valence-corrected chi connectivity index (χ0v) is 11.1. The Balaban J connectivity index is 1.90. The lowest BCUT2D eigenvalue weighted by atomic mass is 10.1. The molecule has 0 bridgehead atoms. The minimum Gasteiger partial charge on any atom is -0.508 e. The van der Waals surface area contributed by atoms with Gasteiger partial charge in [0.15, 0.2) is 0 Å². The highest BCUT2D eigenvalue weighted by Crippen LogP contribution is 2.15. The van der Waals surface area contributed by atoms with Gasteiger partial charge in [-0.15, -0.1) is 0 Å². The van der Waals surface area contributed by atoms with Crippen molar-refractivity contribution in [3.8, 4) is 5.75 Å². The lowest BCUT2D eigenvalue weighted by Crippen LogP contribution is -2.27. The van der Waals surface area contributed by atoms with Crippen LogP contribution < -0.4 is 5.32 Å². The Morgan fingerprint density at radius 3 is 2.84 bits per heavy atom. The van der Waals surface area contributed by atoms with Crippen LogP contribution in [0.5, 0.6) is 5.75 Å². The van der Waals surface area contributed by atoms with Crippen LogP contribution in [-0.2, 0) is 6.54 Å². The van der Waals surface area contributed by atoms with Crippen molar-refractivity contribution in [1.82, 2.24) is 15.1 Å². The van der Waals surface area contributed by atoms with Gasteiger partial charge in [-0.05, 0) is 43.2 Å². The molecule has 2 N–H and O–H groups in total. The number of amides is 1. The van der Waals surface area contributed by atoms with Crippen molar-refractivity contribution in [2.75, 3.05) is 6.54 Å². The molecule has 0 unspecified atom stereocenters. The molecule has 0 saturated heterocycles. The topological polar surface area (TPSA) is 67.2 Å². The summed E-state index contributed by atoms with van der Waals surface area (Å²) >= 11 is 0. The van der Waals surface area contributed by atoms with E-state index in [-0.39, 0.29) is 11.7 Å². The molecule has 0 atom stereocenters. The van der Waals surface area contributed by atoms with Crippen molar-refractivity contribution < 1.29 is 9.90 Å². The van der Waals surface area contributed by atoms with Crippen LogP contribution in [0.4, 0.5) is 0 Å². The number of rotatable bonds is 4. The number of nitrogens with zero attached hydrogens (tertiary/aromatic N) is 2. The molecule has 5 heteroatoms. The fraction of sp³-hybridized carbons (Fsp3) is 0.286. The molecule has 2 aromatic rings. The van der Waals surface area contributed by atoms with E-state index >= 15 is 0 Å². The van der Waals surface area contributed by atoms with E-state index in [4.69, 9.17) is 0 Å². The van der Waals surface area contributed by atoms with Crippen molar-refractivity contribution in [2.45, 2.75) is 20.4 Å². The Morgan fingerprint density at radius 2 is 2.21 bits per heavy atom. The molecule has 1 aromatic heterocycles. The number of nitrogens with one attached hydrogen (secondary N) is 1. The van der Waals surface area contributed by atoms with E-state index in [2.05, 4.69) is 10.4 Å². The molecule has 0 radical (unpaired) electrons. The van der Waals surface area contributed by atoms with Crippen molar-refractivity contribution in [2.24, 2.45) is 0 Å². The summed E-state index contributed by atoms with van der Waals surface area (Å²) in [5.74, 6) is 0.0300. The molecule has 0 aliphatic carbocycles. The minimum atomic E-state index is -0.138. The average molecular weight is 259 g/mol. The number of phenols is 1. The van der Waals surface area contributed by atoms with Gasteiger partial charge < -0.3 is 10.4 Å². The highest BCUT2D eigenvalue weighted by molar-refractivity contribution is 5.95. The van der Waals surface area contributed by atoms with Crippen LogP contribution >= 0.6 is 0 Å². The number of aromatic nitrogens is 2. The van der Waals surface area contributed by atoms with Crippen molar-refractivity contribution in [1.29, 1.82) is 0 Å². The summed E-state index contributed by atoms with van der Waals surface area (Å²) in [6.07, 6.45) is 3.71. The van der Waals surface area contributed by atoms with Gasteiger partial charge in [0.05, 0.1) is 12.7 Å². The Hall–Kier alpha value is -2.30. The maximum Gasteiger partial charge on any atom is 0.251 e. The molecule has 1 amide bonds. The van der Waals surface area contributed by atoms with Crippen molar-refractivity contribution in [3.05, 3.63) is 47.3 Å². The van der Waals surface area contributed by atoms with Crippen molar-refractivity contribution in [3.63, 3.8) is 0 Å². The Bertz CT molecular complexity index is 590. The molecule has 1 heterocycles. The largest absolute Gasteiger partial charge is 0.508 e. The predicted octanol–water partition coefficient (Wildman–Crippen LogP) is 1.64. The average Bonchev–Trinajstić information content (AvgIpc) is 2.75. The molecule has 0 spiro atoms. The van der Waals surface area contributed by atoms with Gasteiger partial charge in [0.25, 0.3) is 5.91 Å². The van der Waals surface area contributed by atoms with Gasteiger partial charge in [0.2, 0.25) is 0 Å². The number of carbonyl (C=O) groups excluding carboxylic acids is 1. The number of hydrogen-bond acceptors (Lipinski definition) is 3. The van der Waals surface area contributed by atoms with Gasteiger partial charge in [-0.25, -0.2) is 0 Å². The molecule has 0 fully saturated rings. The number of benzene rings is 1. The van der Waals surface area contributed by atoms with E-state index in [1.807, 2.05) is 13.1 Å². The smallest absolute Gasteiger partial charge is 0.251 e. The molecule has 1 aromatic carbocycles. The number of aromatic hydroxyl groups is 1. The molecule has 0 saturated carbocycles. The Kier molecular flexibility index (Phi) is 3.85. The van der Waals surface area contributed by atoms with E-state index in [9.17, 15) is 9.90 Å². The summed E-state index contributed by atoms with van der Waals surface area (Å²) in [5.41, 5.74) is 2.43. The van der Waals surface area contributed by atoms with Crippen LogP contribution in [0.1, 0.15) is 21.5 Å². The Labute approximate surface area is 111 Å². The zero-order valence-electron chi connectivity index (χ0n) is 11.1. The Morgan fingerprint density at radius 1 is 1.42 bits per heavy atom. The molecule has 19 heavy (non-hydrogen) atoms. The second kappa shape index (κ2) is 5.56. The highest BCUT2D eigenvalue weighted by atomic mass is 16.3.